The molecule has 2 heterocycles. The standard InChI is InChI=1S/C16H30N4O/c1-4-19-10-6-8-15(19)13-20-12-14(3)18-16(20)17-9-7-11-21-5-2/h12,15H,4-11,13H2,1-3H3,(H,17,18). The Balaban J connectivity index is 1.87. The Morgan fingerprint density at radius 3 is 3.05 bits per heavy atom. The molecule has 120 valence electrons. The van der Waals surface area contributed by atoms with Crippen LogP contribution in [0.3, 0.4) is 0 Å². The van der Waals surface area contributed by atoms with E-state index in [1.165, 1.54) is 19.4 Å². The minimum atomic E-state index is 0.660. The van der Waals surface area contributed by atoms with Gasteiger partial charge < -0.3 is 14.6 Å². The summed E-state index contributed by atoms with van der Waals surface area (Å²) in [6.07, 6.45) is 5.81. The summed E-state index contributed by atoms with van der Waals surface area (Å²) in [5, 5.41) is 3.45. The van der Waals surface area contributed by atoms with Crippen molar-refractivity contribution in [2.75, 3.05) is 38.2 Å². The quantitative estimate of drug-likeness (QED) is 0.711. The van der Waals surface area contributed by atoms with Crippen molar-refractivity contribution in [2.45, 2.75) is 52.6 Å². The van der Waals surface area contributed by atoms with Crippen LogP contribution in [0.15, 0.2) is 6.20 Å². The van der Waals surface area contributed by atoms with Gasteiger partial charge in [-0.1, -0.05) is 6.92 Å². The summed E-state index contributed by atoms with van der Waals surface area (Å²) in [7, 11) is 0. The van der Waals surface area contributed by atoms with Crippen LogP contribution in [0, 0.1) is 6.92 Å². The van der Waals surface area contributed by atoms with E-state index in [0.29, 0.717) is 6.04 Å². The third-order valence-electron chi connectivity index (χ3n) is 4.16. The minimum Gasteiger partial charge on any atom is -0.382 e. The second-order valence-corrected chi connectivity index (χ2v) is 5.76. The smallest absolute Gasteiger partial charge is 0.203 e. The van der Waals surface area contributed by atoms with Crippen molar-refractivity contribution < 1.29 is 4.74 Å². The van der Waals surface area contributed by atoms with Crippen LogP contribution in [0.1, 0.15) is 38.8 Å². The van der Waals surface area contributed by atoms with E-state index < -0.39 is 0 Å². The van der Waals surface area contributed by atoms with Crippen LogP contribution in [-0.2, 0) is 11.3 Å². The van der Waals surface area contributed by atoms with Gasteiger partial charge in [0.2, 0.25) is 5.95 Å². The van der Waals surface area contributed by atoms with Crippen LogP contribution in [-0.4, -0.2) is 53.3 Å². The number of hydrogen-bond acceptors (Lipinski definition) is 4. The highest BCUT2D eigenvalue weighted by Crippen LogP contribution is 2.20. The van der Waals surface area contributed by atoms with Crippen molar-refractivity contribution in [3.63, 3.8) is 0 Å². The van der Waals surface area contributed by atoms with Crippen LogP contribution >= 0.6 is 0 Å². The molecule has 0 amide bonds. The van der Waals surface area contributed by atoms with E-state index in [2.05, 4.69) is 39.8 Å². The van der Waals surface area contributed by atoms with Gasteiger partial charge in [-0.15, -0.1) is 0 Å². The van der Waals surface area contributed by atoms with Crippen LogP contribution in [0.2, 0.25) is 0 Å². The zero-order chi connectivity index (χ0) is 15.1. The highest BCUT2D eigenvalue weighted by molar-refractivity contribution is 5.28. The molecular weight excluding hydrogens is 264 g/mol. The fraction of sp³-hybridized carbons (Fsp3) is 0.812. The molecule has 1 aliphatic rings. The molecule has 1 atom stereocenters. The largest absolute Gasteiger partial charge is 0.382 e. The van der Waals surface area contributed by atoms with E-state index >= 15 is 0 Å². The maximum atomic E-state index is 5.37. The molecule has 1 aliphatic heterocycles. The third kappa shape index (κ3) is 4.71. The number of rotatable bonds is 9. The number of anilines is 1. The lowest BCUT2D eigenvalue weighted by Crippen LogP contribution is -2.32. The molecule has 1 aromatic heterocycles. The molecule has 1 unspecified atom stereocenters. The first-order valence-corrected chi connectivity index (χ1v) is 8.34. The van der Waals surface area contributed by atoms with Crippen molar-refractivity contribution in [1.29, 1.82) is 0 Å². The van der Waals surface area contributed by atoms with E-state index in [1.807, 2.05) is 6.92 Å². The lowest BCUT2D eigenvalue weighted by atomic mass is 10.2. The molecule has 0 radical (unpaired) electrons. The monoisotopic (exact) mass is 294 g/mol. The topological polar surface area (TPSA) is 42.3 Å². The number of aryl methyl sites for hydroxylation is 1. The van der Waals surface area contributed by atoms with Gasteiger partial charge >= 0.3 is 0 Å². The van der Waals surface area contributed by atoms with E-state index in [1.54, 1.807) is 0 Å². The molecule has 2 rings (SSSR count). The van der Waals surface area contributed by atoms with Gasteiger partial charge in [0.25, 0.3) is 0 Å². The Labute approximate surface area is 128 Å². The average molecular weight is 294 g/mol. The van der Waals surface area contributed by atoms with Gasteiger partial charge in [0.05, 0.1) is 5.69 Å². The van der Waals surface area contributed by atoms with Crippen molar-refractivity contribution in [3.05, 3.63) is 11.9 Å². The van der Waals surface area contributed by atoms with Gasteiger partial charge in [-0.25, -0.2) is 4.98 Å². The molecule has 1 aromatic rings. The van der Waals surface area contributed by atoms with Crippen molar-refractivity contribution in [3.8, 4) is 0 Å². The number of nitrogens with zero attached hydrogens (tertiary/aromatic N) is 3. The SMILES string of the molecule is CCOCCCNc1nc(C)cn1CC1CCCN1CC. The normalized spacial score (nSPS) is 19.3. The molecule has 21 heavy (non-hydrogen) atoms. The first-order valence-electron chi connectivity index (χ1n) is 8.34. The van der Waals surface area contributed by atoms with Crippen molar-refractivity contribution in [2.24, 2.45) is 0 Å². The molecule has 0 saturated carbocycles. The molecule has 5 heteroatoms. The zero-order valence-electron chi connectivity index (χ0n) is 13.8. The van der Waals surface area contributed by atoms with Gasteiger partial charge in [0.15, 0.2) is 0 Å². The molecule has 5 nitrogen and oxygen atoms in total. The predicted molar refractivity (Wildman–Crippen MR) is 86.8 cm³/mol. The number of likely N-dealkylation sites (N-methyl/N-ethyl adjacent to an activating group) is 1. The summed E-state index contributed by atoms with van der Waals surface area (Å²) in [6.45, 7) is 12.3. The molecule has 0 aliphatic carbocycles. The summed E-state index contributed by atoms with van der Waals surface area (Å²) in [6, 6.07) is 0.660. The van der Waals surface area contributed by atoms with Crippen LogP contribution in [0.4, 0.5) is 5.95 Å². The average Bonchev–Trinajstić information content (AvgIpc) is 3.05. The number of ether oxygens (including phenoxy) is 1. The van der Waals surface area contributed by atoms with Crippen LogP contribution in [0.5, 0.6) is 0 Å². The highest BCUT2D eigenvalue weighted by Gasteiger charge is 2.24. The first kappa shape index (κ1) is 16.3. The molecule has 0 bridgehead atoms. The first-order chi connectivity index (χ1) is 10.2. The zero-order valence-corrected chi connectivity index (χ0v) is 13.8. The third-order valence-corrected chi connectivity index (χ3v) is 4.16. The van der Waals surface area contributed by atoms with E-state index in [9.17, 15) is 0 Å². The molecule has 1 fully saturated rings. The molecule has 1 saturated heterocycles. The number of aromatic nitrogens is 2. The molecule has 0 aromatic carbocycles. The fourth-order valence-electron chi connectivity index (χ4n) is 3.09. The fourth-order valence-corrected chi connectivity index (χ4v) is 3.09. The van der Waals surface area contributed by atoms with Gasteiger partial charge in [0, 0.05) is 38.5 Å². The van der Waals surface area contributed by atoms with Gasteiger partial charge in [0.1, 0.15) is 0 Å². The number of likely N-dealkylation sites (tertiary alicyclic amines) is 1. The summed E-state index contributed by atoms with van der Waals surface area (Å²) in [5.41, 5.74) is 1.09. The van der Waals surface area contributed by atoms with E-state index in [-0.39, 0.29) is 0 Å². The van der Waals surface area contributed by atoms with Gasteiger partial charge in [-0.3, -0.25) is 4.90 Å². The van der Waals surface area contributed by atoms with Gasteiger partial charge in [-0.05, 0) is 46.2 Å². The van der Waals surface area contributed by atoms with Gasteiger partial charge in [-0.2, -0.15) is 0 Å². The van der Waals surface area contributed by atoms with Crippen molar-refractivity contribution >= 4 is 5.95 Å². The Kier molecular flexibility index (Phi) is 6.51. The number of hydrogen-bond donors (Lipinski definition) is 1. The summed E-state index contributed by atoms with van der Waals surface area (Å²) in [4.78, 5) is 7.19. The second kappa shape index (κ2) is 8.39. The Bertz CT molecular complexity index is 418. The maximum Gasteiger partial charge on any atom is 0.203 e. The lowest BCUT2D eigenvalue weighted by molar-refractivity contribution is 0.147. The number of imidazole rings is 1. The molecule has 1 N–H and O–H groups in total. The Hall–Kier alpha value is -1.07. The Morgan fingerprint density at radius 1 is 1.43 bits per heavy atom. The Morgan fingerprint density at radius 2 is 2.29 bits per heavy atom. The minimum absolute atomic E-state index is 0.660. The van der Waals surface area contributed by atoms with Crippen LogP contribution < -0.4 is 5.32 Å². The van der Waals surface area contributed by atoms with Crippen LogP contribution in [0.25, 0.3) is 0 Å². The van der Waals surface area contributed by atoms with E-state index in [0.717, 1.165) is 50.9 Å². The van der Waals surface area contributed by atoms with E-state index in [4.69, 9.17) is 4.74 Å². The lowest BCUT2D eigenvalue weighted by Gasteiger charge is -2.23. The van der Waals surface area contributed by atoms with Crippen molar-refractivity contribution in [1.82, 2.24) is 14.5 Å². The molecule has 0 spiro atoms. The maximum absolute atomic E-state index is 5.37. The predicted octanol–water partition coefficient (Wildman–Crippen LogP) is 2.51. The summed E-state index contributed by atoms with van der Waals surface area (Å²) in [5.74, 6) is 1.01. The summed E-state index contributed by atoms with van der Waals surface area (Å²) < 4.78 is 7.66. The highest BCUT2D eigenvalue weighted by atomic mass is 16.5. The molecular formula is C16H30N4O. The summed E-state index contributed by atoms with van der Waals surface area (Å²) >= 11 is 0. The second-order valence-electron chi connectivity index (χ2n) is 5.76. The number of nitrogens with one attached hydrogen (secondary N) is 1.